The fraction of sp³-hybridized carbons (Fsp3) is 0.167. The smallest absolute Gasteiger partial charge is 0.260 e. The summed E-state index contributed by atoms with van der Waals surface area (Å²) in [6, 6.07) is 17.0. The molecule has 0 bridgehead atoms. The molecule has 2 aromatic carbocycles. The van der Waals surface area contributed by atoms with Crippen LogP contribution in [0.3, 0.4) is 0 Å². The summed E-state index contributed by atoms with van der Waals surface area (Å²) in [7, 11) is 0. The van der Waals surface area contributed by atoms with Crippen molar-refractivity contribution in [1.82, 2.24) is 10.1 Å². The van der Waals surface area contributed by atoms with E-state index in [4.69, 9.17) is 4.52 Å². The minimum absolute atomic E-state index is 0.0844. The fourth-order valence-corrected chi connectivity index (χ4v) is 2.26. The van der Waals surface area contributed by atoms with Crippen molar-refractivity contribution in [2.45, 2.75) is 19.8 Å². The Morgan fingerprint density at radius 3 is 2.57 bits per heavy atom. The van der Waals surface area contributed by atoms with E-state index in [1.54, 1.807) is 0 Å². The molecule has 0 spiro atoms. The number of benzene rings is 2. The summed E-state index contributed by atoms with van der Waals surface area (Å²) in [5.41, 5.74) is 2.36. The van der Waals surface area contributed by atoms with Gasteiger partial charge in [-0.1, -0.05) is 54.5 Å². The maximum Gasteiger partial charge on any atom is 0.260 e. The van der Waals surface area contributed by atoms with Crippen LogP contribution in [0.4, 0.5) is 5.69 Å². The van der Waals surface area contributed by atoms with Crippen LogP contribution in [0.25, 0.3) is 11.5 Å². The number of hydrogen-bond donors (Lipinski definition) is 1. The van der Waals surface area contributed by atoms with Crippen LogP contribution in [-0.4, -0.2) is 16.0 Å². The lowest BCUT2D eigenvalue weighted by molar-refractivity contribution is -0.115. The van der Waals surface area contributed by atoms with Gasteiger partial charge in [-0.2, -0.15) is 4.98 Å². The fourth-order valence-electron chi connectivity index (χ4n) is 2.26. The summed E-state index contributed by atoms with van der Waals surface area (Å²) in [5, 5.41) is 6.82. The molecule has 0 aliphatic rings. The number of hydrogen-bond acceptors (Lipinski definition) is 4. The number of amides is 1. The molecular weight excluding hydrogens is 290 g/mol. The molecule has 5 heteroatoms. The molecule has 0 aliphatic carbocycles. The van der Waals surface area contributed by atoms with E-state index in [-0.39, 0.29) is 5.91 Å². The maximum atomic E-state index is 12.2. The van der Waals surface area contributed by atoms with Crippen molar-refractivity contribution in [3.8, 4) is 11.5 Å². The summed E-state index contributed by atoms with van der Waals surface area (Å²) in [4.78, 5) is 16.6. The molecule has 1 N–H and O–H groups in total. The van der Waals surface area contributed by atoms with Crippen molar-refractivity contribution in [2.75, 3.05) is 5.32 Å². The van der Waals surface area contributed by atoms with Crippen molar-refractivity contribution < 1.29 is 9.32 Å². The Kier molecular flexibility index (Phi) is 4.47. The first-order valence-corrected chi connectivity index (χ1v) is 7.52. The molecule has 0 unspecified atom stereocenters. The van der Waals surface area contributed by atoms with E-state index in [0.29, 0.717) is 30.2 Å². The van der Waals surface area contributed by atoms with Crippen molar-refractivity contribution >= 4 is 11.6 Å². The lowest BCUT2D eigenvalue weighted by Crippen LogP contribution is -2.15. The summed E-state index contributed by atoms with van der Waals surface area (Å²) in [6.45, 7) is 1.96. The average Bonchev–Trinajstić information content (AvgIpc) is 3.05. The van der Waals surface area contributed by atoms with Gasteiger partial charge in [0, 0.05) is 6.42 Å². The third-order valence-corrected chi connectivity index (χ3v) is 3.42. The van der Waals surface area contributed by atoms with Gasteiger partial charge in [-0.3, -0.25) is 4.79 Å². The molecule has 0 atom stereocenters. The second-order valence-electron chi connectivity index (χ2n) is 5.13. The molecule has 0 radical (unpaired) electrons. The number of rotatable bonds is 5. The van der Waals surface area contributed by atoms with Gasteiger partial charge in [0.25, 0.3) is 5.89 Å². The molecule has 1 aromatic heterocycles. The highest BCUT2D eigenvalue weighted by atomic mass is 16.5. The zero-order chi connectivity index (χ0) is 16.1. The van der Waals surface area contributed by atoms with E-state index in [2.05, 4.69) is 15.5 Å². The number of nitrogens with one attached hydrogen (secondary N) is 1. The zero-order valence-corrected chi connectivity index (χ0v) is 12.8. The van der Waals surface area contributed by atoms with Crippen LogP contribution in [0.2, 0.25) is 0 Å². The topological polar surface area (TPSA) is 68.0 Å². The third-order valence-electron chi connectivity index (χ3n) is 3.42. The van der Waals surface area contributed by atoms with Crippen molar-refractivity contribution in [3.05, 3.63) is 66.0 Å². The predicted molar refractivity (Wildman–Crippen MR) is 87.9 cm³/mol. The Morgan fingerprint density at radius 1 is 1.09 bits per heavy atom. The Labute approximate surface area is 134 Å². The Morgan fingerprint density at radius 2 is 1.83 bits per heavy atom. The van der Waals surface area contributed by atoms with E-state index in [0.717, 1.165) is 11.1 Å². The van der Waals surface area contributed by atoms with Crippen LogP contribution < -0.4 is 5.32 Å². The third kappa shape index (κ3) is 3.63. The zero-order valence-electron chi connectivity index (χ0n) is 12.8. The molecular formula is C18H17N3O2. The maximum absolute atomic E-state index is 12.2. The molecule has 0 saturated carbocycles. The number of nitrogens with zero attached hydrogens (tertiary/aromatic N) is 2. The first-order chi connectivity index (χ1) is 11.3. The van der Waals surface area contributed by atoms with Gasteiger partial charge in [0.2, 0.25) is 5.91 Å². The molecule has 23 heavy (non-hydrogen) atoms. The number of aromatic nitrogens is 2. The van der Waals surface area contributed by atoms with E-state index >= 15 is 0 Å². The Bertz CT molecular complexity index is 797. The van der Waals surface area contributed by atoms with Gasteiger partial charge in [-0.25, -0.2) is 0 Å². The molecule has 0 fully saturated rings. The number of carbonyl (C=O) groups excluding carboxylic acids is 1. The first-order valence-electron chi connectivity index (χ1n) is 7.52. The van der Waals surface area contributed by atoms with Gasteiger partial charge in [-0.15, -0.1) is 0 Å². The summed E-state index contributed by atoms with van der Waals surface area (Å²) < 4.78 is 5.27. The average molecular weight is 307 g/mol. The van der Waals surface area contributed by atoms with Gasteiger partial charge in [0.15, 0.2) is 5.82 Å². The van der Waals surface area contributed by atoms with Crippen LogP contribution in [0, 0.1) is 0 Å². The van der Waals surface area contributed by atoms with Crippen LogP contribution >= 0.6 is 0 Å². The quantitative estimate of drug-likeness (QED) is 0.783. The van der Waals surface area contributed by atoms with Gasteiger partial charge in [0.1, 0.15) is 0 Å². The highest BCUT2D eigenvalue weighted by Gasteiger charge is 2.14. The molecule has 1 amide bonds. The molecule has 3 rings (SSSR count). The van der Waals surface area contributed by atoms with Gasteiger partial charge < -0.3 is 9.84 Å². The number of aryl methyl sites for hydroxylation is 1. The summed E-state index contributed by atoms with van der Waals surface area (Å²) in [6.07, 6.45) is 1.02. The van der Waals surface area contributed by atoms with Crippen LogP contribution in [0.5, 0.6) is 0 Å². The minimum atomic E-state index is -0.0844. The minimum Gasteiger partial charge on any atom is -0.334 e. The highest BCUT2D eigenvalue weighted by Crippen LogP contribution is 2.26. The van der Waals surface area contributed by atoms with E-state index in [1.165, 1.54) is 0 Å². The highest BCUT2D eigenvalue weighted by molar-refractivity contribution is 5.95. The molecule has 5 nitrogen and oxygen atoms in total. The van der Waals surface area contributed by atoms with Crippen LogP contribution in [-0.2, 0) is 17.6 Å². The van der Waals surface area contributed by atoms with Crippen LogP contribution in [0.15, 0.2) is 59.1 Å². The standard InChI is InChI=1S/C18H17N3O2/c1-2-16-20-18(23-21-16)14-10-6-7-11-15(14)19-17(22)12-13-8-4-3-5-9-13/h3-11H,2,12H2,1H3,(H,19,22). The molecule has 0 aliphatic heterocycles. The Balaban J connectivity index is 1.79. The van der Waals surface area contributed by atoms with Crippen LogP contribution in [0.1, 0.15) is 18.3 Å². The van der Waals surface area contributed by atoms with Crippen molar-refractivity contribution in [3.63, 3.8) is 0 Å². The number of para-hydroxylation sites is 1. The molecule has 0 saturated heterocycles. The second kappa shape index (κ2) is 6.87. The van der Waals surface area contributed by atoms with E-state index < -0.39 is 0 Å². The number of anilines is 1. The second-order valence-corrected chi connectivity index (χ2v) is 5.13. The van der Waals surface area contributed by atoms with E-state index in [9.17, 15) is 4.79 Å². The predicted octanol–water partition coefficient (Wildman–Crippen LogP) is 3.48. The van der Waals surface area contributed by atoms with Gasteiger partial charge in [-0.05, 0) is 17.7 Å². The Hall–Kier alpha value is -2.95. The monoisotopic (exact) mass is 307 g/mol. The lowest BCUT2D eigenvalue weighted by atomic mass is 10.1. The molecule has 116 valence electrons. The van der Waals surface area contributed by atoms with E-state index in [1.807, 2.05) is 61.5 Å². The molecule has 1 heterocycles. The SMILES string of the molecule is CCc1noc(-c2ccccc2NC(=O)Cc2ccccc2)n1. The lowest BCUT2D eigenvalue weighted by Gasteiger charge is -2.08. The molecule has 3 aromatic rings. The van der Waals surface area contributed by atoms with Gasteiger partial charge >= 0.3 is 0 Å². The first kappa shape index (κ1) is 15.0. The number of carbonyl (C=O) groups is 1. The normalized spacial score (nSPS) is 10.5. The van der Waals surface area contributed by atoms with Crippen molar-refractivity contribution in [2.24, 2.45) is 0 Å². The summed E-state index contributed by atoms with van der Waals surface area (Å²) >= 11 is 0. The van der Waals surface area contributed by atoms with Gasteiger partial charge in [0.05, 0.1) is 17.7 Å². The van der Waals surface area contributed by atoms with Crippen molar-refractivity contribution in [1.29, 1.82) is 0 Å². The largest absolute Gasteiger partial charge is 0.334 e. The summed E-state index contributed by atoms with van der Waals surface area (Å²) in [5.74, 6) is 0.974.